The Bertz CT molecular complexity index is 681. The van der Waals surface area contributed by atoms with Gasteiger partial charge in [-0.3, -0.25) is 0 Å². The molecule has 0 aliphatic carbocycles. The third-order valence-corrected chi connectivity index (χ3v) is 2.58. The second-order valence-corrected chi connectivity index (χ2v) is 4.34. The summed E-state index contributed by atoms with van der Waals surface area (Å²) in [6.45, 7) is 0. The van der Waals surface area contributed by atoms with Crippen LogP contribution in [0.15, 0.2) is 64.8 Å². The van der Waals surface area contributed by atoms with Gasteiger partial charge in [0, 0.05) is 11.4 Å². The van der Waals surface area contributed by atoms with Gasteiger partial charge in [-0.1, -0.05) is 30.3 Å². The zero-order chi connectivity index (χ0) is 15.8. The fourth-order valence-electron chi connectivity index (χ4n) is 1.63. The number of halogens is 1. The number of nitrogens with one attached hydrogen (secondary N) is 2. The molecule has 0 atom stereocenters. The van der Waals surface area contributed by atoms with Gasteiger partial charge in [-0.15, -0.1) is 17.5 Å². The number of hydrogen-bond donors (Lipinski definition) is 4. The average Bonchev–Trinajstić information content (AvgIpc) is 2.49. The molecule has 2 amide bonds. The van der Waals surface area contributed by atoms with E-state index in [0.29, 0.717) is 5.69 Å². The Morgan fingerprint density at radius 3 is 2.04 bits per heavy atom. The van der Waals surface area contributed by atoms with Crippen LogP contribution in [0, 0.1) is 0 Å². The minimum Gasteiger partial charge on any atom is -0.369 e. The lowest BCUT2D eigenvalue weighted by molar-refractivity contribution is 0.262. The van der Waals surface area contributed by atoms with Crippen molar-refractivity contribution in [2.45, 2.75) is 0 Å². The van der Waals surface area contributed by atoms with Crippen LogP contribution in [0.4, 0.5) is 16.2 Å². The summed E-state index contributed by atoms with van der Waals surface area (Å²) in [5, 5.41) is 12.7. The van der Waals surface area contributed by atoms with E-state index in [0.717, 1.165) is 11.3 Å². The molecule has 0 heterocycles. The molecule has 0 radical (unpaired) electrons. The Balaban J connectivity index is 0.00000264. The summed E-state index contributed by atoms with van der Waals surface area (Å²) in [5.41, 5.74) is 12.5. The van der Waals surface area contributed by atoms with E-state index < -0.39 is 0 Å². The molecular weight excluding hydrogens is 316 g/mol. The van der Waals surface area contributed by atoms with Crippen molar-refractivity contribution in [1.29, 1.82) is 0 Å². The van der Waals surface area contributed by atoms with Crippen molar-refractivity contribution in [2.24, 2.45) is 21.7 Å². The highest BCUT2D eigenvalue weighted by Gasteiger charge is 2.01. The topological polar surface area (TPSA) is 118 Å². The SMILES string of the molecule is Cl.NC(N)=NN=Cc1ccc(NC(=O)Nc2ccccc2)cc1. The Morgan fingerprint density at radius 1 is 0.913 bits per heavy atom. The highest BCUT2D eigenvalue weighted by Crippen LogP contribution is 2.10. The van der Waals surface area contributed by atoms with E-state index in [1.54, 1.807) is 24.3 Å². The third-order valence-electron chi connectivity index (χ3n) is 2.58. The average molecular weight is 333 g/mol. The molecule has 0 aliphatic heterocycles. The Morgan fingerprint density at radius 2 is 1.48 bits per heavy atom. The van der Waals surface area contributed by atoms with Crippen molar-refractivity contribution < 1.29 is 4.79 Å². The zero-order valence-corrected chi connectivity index (χ0v) is 13.0. The van der Waals surface area contributed by atoms with Crippen LogP contribution in [0.2, 0.25) is 0 Å². The number of nitrogens with zero attached hydrogens (tertiary/aromatic N) is 2. The molecular formula is C15H17ClN6O. The molecule has 0 bridgehead atoms. The number of guanidine groups is 1. The van der Waals surface area contributed by atoms with Crippen molar-refractivity contribution in [3.8, 4) is 0 Å². The number of carbonyl (C=O) groups is 1. The van der Waals surface area contributed by atoms with Gasteiger partial charge in [-0.2, -0.15) is 5.10 Å². The molecule has 0 aromatic heterocycles. The van der Waals surface area contributed by atoms with Crippen LogP contribution in [0.25, 0.3) is 0 Å². The Hall–Kier alpha value is -3.06. The first kappa shape index (κ1) is 18.0. The fraction of sp³-hybridized carbons (Fsp3) is 0. The Kier molecular flexibility index (Phi) is 7.09. The summed E-state index contributed by atoms with van der Waals surface area (Å²) in [5.74, 6) is -0.105. The number of amides is 2. The highest BCUT2D eigenvalue weighted by atomic mass is 35.5. The van der Waals surface area contributed by atoms with Gasteiger partial charge in [-0.25, -0.2) is 4.79 Å². The van der Waals surface area contributed by atoms with Gasteiger partial charge in [0.15, 0.2) is 0 Å². The summed E-state index contributed by atoms with van der Waals surface area (Å²) < 4.78 is 0. The quantitative estimate of drug-likeness (QED) is 0.391. The largest absolute Gasteiger partial charge is 0.369 e. The van der Waals surface area contributed by atoms with Crippen molar-refractivity contribution in [3.63, 3.8) is 0 Å². The number of nitrogens with two attached hydrogens (primary N) is 2. The lowest BCUT2D eigenvalue weighted by Gasteiger charge is -2.07. The third kappa shape index (κ3) is 6.49. The van der Waals surface area contributed by atoms with Gasteiger partial charge in [0.2, 0.25) is 5.96 Å². The molecule has 0 spiro atoms. The van der Waals surface area contributed by atoms with E-state index >= 15 is 0 Å². The molecule has 2 aromatic rings. The monoisotopic (exact) mass is 332 g/mol. The molecule has 7 nitrogen and oxygen atoms in total. The van der Waals surface area contributed by atoms with Crippen molar-refractivity contribution in [1.82, 2.24) is 0 Å². The van der Waals surface area contributed by atoms with Gasteiger partial charge >= 0.3 is 6.03 Å². The van der Waals surface area contributed by atoms with Crippen molar-refractivity contribution in [3.05, 3.63) is 60.2 Å². The standard InChI is InChI=1S/C15H16N6O.ClH/c16-14(17)21-18-10-11-6-8-13(9-7-11)20-15(22)19-12-4-2-1-3-5-12;/h1-10H,(H4,16,17,21)(H2,19,20,22);1H. The van der Waals surface area contributed by atoms with Crippen LogP contribution in [-0.4, -0.2) is 18.2 Å². The first-order valence-corrected chi connectivity index (χ1v) is 6.48. The van der Waals surface area contributed by atoms with Crippen LogP contribution >= 0.6 is 12.4 Å². The second kappa shape index (κ2) is 9.06. The predicted molar refractivity (Wildman–Crippen MR) is 96.2 cm³/mol. The lowest BCUT2D eigenvalue weighted by atomic mass is 10.2. The van der Waals surface area contributed by atoms with E-state index in [4.69, 9.17) is 11.5 Å². The zero-order valence-electron chi connectivity index (χ0n) is 12.1. The summed E-state index contributed by atoms with van der Waals surface area (Å²) in [6, 6.07) is 15.9. The van der Waals surface area contributed by atoms with E-state index in [1.165, 1.54) is 6.21 Å². The first-order chi connectivity index (χ1) is 10.6. The molecule has 8 heteroatoms. The van der Waals surface area contributed by atoms with Gasteiger partial charge < -0.3 is 22.1 Å². The van der Waals surface area contributed by atoms with Gasteiger partial charge in [0.05, 0.1) is 6.21 Å². The van der Waals surface area contributed by atoms with Crippen molar-refractivity contribution in [2.75, 3.05) is 10.6 Å². The predicted octanol–water partition coefficient (Wildman–Crippen LogP) is 2.36. The molecule has 0 unspecified atom stereocenters. The number of anilines is 2. The highest BCUT2D eigenvalue weighted by molar-refractivity contribution is 5.99. The number of benzene rings is 2. The number of para-hydroxylation sites is 1. The van der Waals surface area contributed by atoms with E-state index in [1.807, 2.05) is 30.3 Å². The molecule has 2 aromatic carbocycles. The van der Waals surface area contributed by atoms with Crippen LogP contribution in [-0.2, 0) is 0 Å². The van der Waals surface area contributed by atoms with Crippen LogP contribution in [0.3, 0.4) is 0 Å². The van der Waals surface area contributed by atoms with Gasteiger partial charge in [0.25, 0.3) is 0 Å². The molecule has 0 fully saturated rings. The first-order valence-electron chi connectivity index (χ1n) is 6.48. The van der Waals surface area contributed by atoms with E-state index in [-0.39, 0.29) is 24.4 Å². The molecule has 23 heavy (non-hydrogen) atoms. The van der Waals surface area contributed by atoms with Crippen LogP contribution in [0.1, 0.15) is 5.56 Å². The summed E-state index contributed by atoms with van der Waals surface area (Å²) in [4.78, 5) is 11.8. The molecule has 2 rings (SSSR count). The molecule has 0 saturated heterocycles. The van der Waals surface area contributed by atoms with Gasteiger partial charge in [0.1, 0.15) is 0 Å². The van der Waals surface area contributed by atoms with Crippen LogP contribution in [0.5, 0.6) is 0 Å². The second-order valence-electron chi connectivity index (χ2n) is 4.34. The lowest BCUT2D eigenvalue weighted by Crippen LogP contribution is -2.21. The van der Waals surface area contributed by atoms with Crippen LogP contribution < -0.4 is 22.1 Å². The maximum Gasteiger partial charge on any atom is 0.323 e. The number of hydrogen-bond acceptors (Lipinski definition) is 3. The maximum atomic E-state index is 11.8. The number of urea groups is 1. The molecule has 0 saturated carbocycles. The van der Waals surface area contributed by atoms with E-state index in [9.17, 15) is 4.79 Å². The fourth-order valence-corrected chi connectivity index (χ4v) is 1.63. The number of rotatable bonds is 4. The maximum absolute atomic E-state index is 11.8. The minimum absolute atomic E-state index is 0. The summed E-state index contributed by atoms with van der Waals surface area (Å²) >= 11 is 0. The van der Waals surface area contributed by atoms with Crippen molar-refractivity contribution >= 4 is 42.0 Å². The molecule has 0 aliphatic rings. The smallest absolute Gasteiger partial charge is 0.323 e. The molecule has 120 valence electrons. The summed E-state index contributed by atoms with van der Waals surface area (Å²) in [7, 11) is 0. The number of carbonyl (C=O) groups excluding carboxylic acids is 1. The molecule has 6 N–H and O–H groups in total. The summed E-state index contributed by atoms with van der Waals surface area (Å²) in [6.07, 6.45) is 1.51. The van der Waals surface area contributed by atoms with E-state index in [2.05, 4.69) is 20.8 Å². The normalized spacial score (nSPS) is 9.74. The minimum atomic E-state index is -0.312. The Labute approximate surface area is 139 Å². The van der Waals surface area contributed by atoms with Gasteiger partial charge in [-0.05, 0) is 29.8 Å².